The molecule has 0 saturated heterocycles. The molecule has 0 amide bonds. The molecule has 0 aromatic carbocycles. The van der Waals surface area contributed by atoms with Gasteiger partial charge in [-0.2, -0.15) is 0 Å². The standard InChI is InChI=1S/C7H14O3/c1-4-6-7(3)9-10-8-5-2/h4,7H,1,5-6H2,2-3H3. The molecule has 0 bridgehead atoms. The Morgan fingerprint density at radius 1 is 1.60 bits per heavy atom. The van der Waals surface area contributed by atoms with Gasteiger partial charge in [0.1, 0.15) is 0 Å². The molecule has 0 aromatic heterocycles. The molecular formula is C7H14O3. The van der Waals surface area contributed by atoms with E-state index in [9.17, 15) is 0 Å². The largest absolute Gasteiger partial charge is 0.206 e. The summed E-state index contributed by atoms with van der Waals surface area (Å²) in [5, 5.41) is 4.35. The van der Waals surface area contributed by atoms with Gasteiger partial charge in [0, 0.05) is 0 Å². The second-order valence-corrected chi connectivity index (χ2v) is 1.91. The lowest BCUT2D eigenvalue weighted by Crippen LogP contribution is -2.07. The minimum Gasteiger partial charge on any atom is -0.206 e. The van der Waals surface area contributed by atoms with E-state index in [0.29, 0.717) is 6.61 Å². The van der Waals surface area contributed by atoms with Crippen LogP contribution < -0.4 is 0 Å². The van der Waals surface area contributed by atoms with E-state index in [1.165, 1.54) is 0 Å². The average molecular weight is 146 g/mol. The van der Waals surface area contributed by atoms with Crippen molar-refractivity contribution < 1.29 is 14.8 Å². The van der Waals surface area contributed by atoms with Gasteiger partial charge >= 0.3 is 0 Å². The molecule has 0 saturated carbocycles. The van der Waals surface area contributed by atoms with Crippen molar-refractivity contribution in [2.45, 2.75) is 26.4 Å². The van der Waals surface area contributed by atoms with Gasteiger partial charge in [0.25, 0.3) is 0 Å². The summed E-state index contributed by atoms with van der Waals surface area (Å²) in [6, 6.07) is 0. The van der Waals surface area contributed by atoms with Gasteiger partial charge < -0.3 is 0 Å². The van der Waals surface area contributed by atoms with Crippen molar-refractivity contribution in [3.63, 3.8) is 0 Å². The third kappa shape index (κ3) is 5.75. The summed E-state index contributed by atoms with van der Waals surface area (Å²) >= 11 is 0. The Morgan fingerprint density at radius 3 is 2.80 bits per heavy atom. The first-order valence-electron chi connectivity index (χ1n) is 3.37. The maximum absolute atomic E-state index is 4.73. The summed E-state index contributed by atoms with van der Waals surface area (Å²) in [6.07, 6.45) is 2.52. The number of rotatable bonds is 6. The third-order valence-electron chi connectivity index (χ3n) is 0.868. The lowest BCUT2D eigenvalue weighted by atomic mass is 10.3. The average Bonchev–Trinajstić information content (AvgIpc) is 1.89. The van der Waals surface area contributed by atoms with Crippen LogP contribution in [0.1, 0.15) is 20.3 Å². The molecular weight excluding hydrogens is 132 g/mol. The summed E-state index contributed by atoms with van der Waals surface area (Å²) in [5.41, 5.74) is 0. The summed E-state index contributed by atoms with van der Waals surface area (Å²) in [4.78, 5) is 9.22. The highest BCUT2D eigenvalue weighted by Crippen LogP contribution is 1.97. The van der Waals surface area contributed by atoms with Gasteiger partial charge in [-0.3, -0.25) is 0 Å². The normalized spacial score (nSPS) is 13.0. The quantitative estimate of drug-likeness (QED) is 0.248. The van der Waals surface area contributed by atoms with Crippen molar-refractivity contribution in [1.29, 1.82) is 0 Å². The SMILES string of the molecule is C=CCC(C)OOOCC. The lowest BCUT2D eigenvalue weighted by molar-refractivity contribution is -0.523. The first kappa shape index (κ1) is 9.62. The van der Waals surface area contributed by atoms with E-state index in [-0.39, 0.29) is 6.10 Å². The maximum atomic E-state index is 4.73. The fraction of sp³-hybridized carbons (Fsp3) is 0.714. The highest BCUT2D eigenvalue weighted by Gasteiger charge is 1.98. The molecule has 1 atom stereocenters. The molecule has 3 heteroatoms. The molecule has 0 aliphatic rings. The van der Waals surface area contributed by atoms with Gasteiger partial charge in [-0.1, -0.05) is 11.1 Å². The van der Waals surface area contributed by atoms with Crippen LogP contribution >= 0.6 is 0 Å². The monoisotopic (exact) mass is 146 g/mol. The van der Waals surface area contributed by atoms with E-state index in [1.54, 1.807) is 6.08 Å². The highest BCUT2D eigenvalue weighted by atomic mass is 17.5. The third-order valence-corrected chi connectivity index (χ3v) is 0.868. The Morgan fingerprint density at radius 2 is 2.30 bits per heavy atom. The molecule has 0 aromatic rings. The van der Waals surface area contributed by atoms with Gasteiger partial charge in [-0.05, 0) is 20.3 Å². The maximum Gasteiger partial charge on any atom is 0.0967 e. The Labute approximate surface area is 61.4 Å². The molecule has 0 spiro atoms. The Bertz CT molecular complexity index is 82.9. The topological polar surface area (TPSA) is 27.7 Å². The first-order valence-corrected chi connectivity index (χ1v) is 3.37. The molecule has 0 fully saturated rings. The molecule has 3 nitrogen and oxygen atoms in total. The molecule has 60 valence electrons. The van der Waals surface area contributed by atoms with Crippen molar-refractivity contribution in [1.82, 2.24) is 0 Å². The molecule has 0 N–H and O–H groups in total. The minimum absolute atomic E-state index is 0.00375. The van der Waals surface area contributed by atoms with Crippen LogP contribution in [0.4, 0.5) is 0 Å². The van der Waals surface area contributed by atoms with Crippen LogP contribution in [0.2, 0.25) is 0 Å². The summed E-state index contributed by atoms with van der Waals surface area (Å²) in [7, 11) is 0. The van der Waals surface area contributed by atoms with Crippen LogP contribution in [-0.4, -0.2) is 12.7 Å². The van der Waals surface area contributed by atoms with Crippen molar-refractivity contribution in [3.05, 3.63) is 12.7 Å². The second-order valence-electron chi connectivity index (χ2n) is 1.91. The van der Waals surface area contributed by atoms with Gasteiger partial charge in [-0.15, -0.1) is 6.58 Å². The van der Waals surface area contributed by atoms with E-state index >= 15 is 0 Å². The van der Waals surface area contributed by atoms with E-state index in [2.05, 4.69) is 16.5 Å². The van der Waals surface area contributed by atoms with Crippen molar-refractivity contribution >= 4 is 0 Å². The molecule has 0 radical (unpaired) electrons. The predicted octanol–water partition coefficient (Wildman–Crippen LogP) is 1.85. The number of hydrogen-bond acceptors (Lipinski definition) is 3. The zero-order valence-electron chi connectivity index (χ0n) is 6.50. The van der Waals surface area contributed by atoms with Crippen LogP contribution in [0.15, 0.2) is 12.7 Å². The Hall–Kier alpha value is -0.380. The van der Waals surface area contributed by atoms with Crippen molar-refractivity contribution in [2.75, 3.05) is 6.61 Å². The van der Waals surface area contributed by atoms with Crippen LogP contribution in [-0.2, 0) is 14.8 Å². The second kappa shape index (κ2) is 6.74. The fourth-order valence-electron chi connectivity index (χ4n) is 0.417. The summed E-state index contributed by atoms with van der Waals surface area (Å²) < 4.78 is 0. The van der Waals surface area contributed by atoms with Crippen LogP contribution in [0.3, 0.4) is 0 Å². The summed E-state index contributed by atoms with van der Waals surface area (Å²) in [6.45, 7) is 7.74. The van der Waals surface area contributed by atoms with Crippen LogP contribution in [0, 0.1) is 0 Å². The Kier molecular flexibility index (Phi) is 6.48. The van der Waals surface area contributed by atoms with E-state index < -0.39 is 0 Å². The minimum atomic E-state index is 0.00375. The van der Waals surface area contributed by atoms with Crippen molar-refractivity contribution in [3.8, 4) is 0 Å². The first-order chi connectivity index (χ1) is 4.81. The molecule has 1 unspecified atom stereocenters. The zero-order valence-corrected chi connectivity index (χ0v) is 6.50. The molecule has 10 heavy (non-hydrogen) atoms. The molecule has 0 aliphatic carbocycles. The molecule has 0 aliphatic heterocycles. The van der Waals surface area contributed by atoms with E-state index in [1.807, 2.05) is 13.8 Å². The highest BCUT2D eigenvalue weighted by molar-refractivity contribution is 4.69. The van der Waals surface area contributed by atoms with Crippen LogP contribution in [0.25, 0.3) is 0 Å². The zero-order chi connectivity index (χ0) is 7.82. The van der Waals surface area contributed by atoms with E-state index in [4.69, 9.17) is 4.89 Å². The molecule has 0 rings (SSSR count). The smallest absolute Gasteiger partial charge is 0.0967 e. The van der Waals surface area contributed by atoms with Gasteiger partial charge in [0.2, 0.25) is 0 Å². The lowest BCUT2D eigenvalue weighted by Gasteiger charge is -2.06. The summed E-state index contributed by atoms with van der Waals surface area (Å²) in [5.74, 6) is 0. The van der Waals surface area contributed by atoms with Gasteiger partial charge in [0.05, 0.1) is 12.7 Å². The van der Waals surface area contributed by atoms with Crippen LogP contribution in [0.5, 0.6) is 0 Å². The Balaban J connectivity index is 3.04. The molecule has 0 heterocycles. The predicted molar refractivity (Wildman–Crippen MR) is 38.1 cm³/mol. The van der Waals surface area contributed by atoms with E-state index in [0.717, 1.165) is 6.42 Å². The van der Waals surface area contributed by atoms with Gasteiger partial charge in [0.15, 0.2) is 0 Å². The number of hydrogen-bond donors (Lipinski definition) is 0. The van der Waals surface area contributed by atoms with Crippen molar-refractivity contribution in [2.24, 2.45) is 0 Å². The fourth-order valence-corrected chi connectivity index (χ4v) is 0.417. The van der Waals surface area contributed by atoms with Gasteiger partial charge in [-0.25, -0.2) is 9.78 Å².